The van der Waals surface area contributed by atoms with Crippen molar-refractivity contribution in [3.8, 4) is 11.5 Å². The highest BCUT2D eigenvalue weighted by Crippen LogP contribution is 2.30. The number of ether oxygens (including phenoxy) is 2. The molecule has 21 heavy (non-hydrogen) atoms. The molecule has 5 heteroatoms. The quantitative estimate of drug-likeness (QED) is 0.858. The van der Waals surface area contributed by atoms with E-state index in [1.54, 1.807) is 19.2 Å². The van der Waals surface area contributed by atoms with Crippen molar-refractivity contribution in [2.45, 2.75) is 38.3 Å². The van der Waals surface area contributed by atoms with Gasteiger partial charge in [-0.2, -0.15) is 5.10 Å². The number of nitrogen functional groups attached to an aromatic ring is 1. The molecule has 1 aromatic carbocycles. The molecule has 0 unspecified atom stereocenters. The second kappa shape index (κ2) is 6.08. The van der Waals surface area contributed by atoms with E-state index in [2.05, 4.69) is 9.78 Å². The van der Waals surface area contributed by atoms with Crippen molar-refractivity contribution >= 4 is 5.69 Å². The van der Waals surface area contributed by atoms with Crippen molar-refractivity contribution in [3.05, 3.63) is 36.2 Å². The van der Waals surface area contributed by atoms with Crippen LogP contribution in [0.5, 0.6) is 11.5 Å². The Balaban J connectivity index is 1.66. The number of benzene rings is 1. The van der Waals surface area contributed by atoms with Crippen LogP contribution in [0.25, 0.3) is 0 Å². The third kappa shape index (κ3) is 3.12. The summed E-state index contributed by atoms with van der Waals surface area (Å²) in [5, 5.41) is 4.60. The minimum absolute atomic E-state index is 0.416. The van der Waals surface area contributed by atoms with Crippen molar-refractivity contribution < 1.29 is 9.47 Å². The topological polar surface area (TPSA) is 62.3 Å². The third-order valence-corrected chi connectivity index (χ3v) is 3.93. The van der Waals surface area contributed by atoms with Gasteiger partial charge < -0.3 is 15.2 Å². The lowest BCUT2D eigenvalue weighted by atomic mass is 10.3. The van der Waals surface area contributed by atoms with Gasteiger partial charge >= 0.3 is 0 Å². The maximum absolute atomic E-state index is 5.79. The molecule has 0 aliphatic heterocycles. The summed E-state index contributed by atoms with van der Waals surface area (Å²) in [5.74, 6) is 1.33. The summed E-state index contributed by atoms with van der Waals surface area (Å²) in [5.41, 5.74) is 7.36. The van der Waals surface area contributed by atoms with E-state index in [1.807, 2.05) is 18.3 Å². The fraction of sp³-hybridized carbons (Fsp3) is 0.438. The molecule has 0 amide bonds. The highest BCUT2D eigenvalue weighted by molar-refractivity contribution is 5.51. The van der Waals surface area contributed by atoms with Crippen LogP contribution in [0.1, 0.15) is 37.4 Å². The number of hydrogen-bond acceptors (Lipinski definition) is 4. The first-order valence-corrected chi connectivity index (χ1v) is 7.36. The minimum atomic E-state index is 0.416. The molecule has 2 aromatic rings. The molecule has 3 rings (SSSR count). The van der Waals surface area contributed by atoms with Crippen LogP contribution in [0.2, 0.25) is 0 Å². The molecule has 0 radical (unpaired) electrons. The van der Waals surface area contributed by atoms with Crippen LogP contribution < -0.4 is 15.2 Å². The van der Waals surface area contributed by atoms with E-state index in [0.717, 1.165) is 5.69 Å². The Bertz CT molecular complexity index is 603. The first-order chi connectivity index (χ1) is 10.3. The zero-order valence-electron chi connectivity index (χ0n) is 12.3. The van der Waals surface area contributed by atoms with Gasteiger partial charge in [-0.1, -0.05) is 12.8 Å². The number of nitrogens with zero attached hydrogens (tertiary/aromatic N) is 2. The van der Waals surface area contributed by atoms with Crippen molar-refractivity contribution in [1.29, 1.82) is 0 Å². The molecular formula is C16H21N3O2. The lowest BCUT2D eigenvalue weighted by molar-refractivity contribution is 0.278. The van der Waals surface area contributed by atoms with E-state index in [1.165, 1.54) is 25.7 Å². The fourth-order valence-electron chi connectivity index (χ4n) is 2.78. The predicted octanol–water partition coefficient (Wildman–Crippen LogP) is 3.17. The van der Waals surface area contributed by atoms with Gasteiger partial charge in [-0.05, 0) is 31.0 Å². The molecule has 1 saturated carbocycles. The second-order valence-corrected chi connectivity index (χ2v) is 5.42. The van der Waals surface area contributed by atoms with E-state index < -0.39 is 0 Å². The van der Waals surface area contributed by atoms with Gasteiger partial charge in [0.15, 0.2) is 11.5 Å². The molecule has 0 spiro atoms. The average molecular weight is 287 g/mol. The maximum Gasteiger partial charge on any atom is 0.163 e. The largest absolute Gasteiger partial charge is 0.493 e. The van der Waals surface area contributed by atoms with E-state index in [4.69, 9.17) is 15.2 Å². The molecule has 2 N–H and O–H groups in total. The van der Waals surface area contributed by atoms with Gasteiger partial charge in [-0.3, -0.25) is 4.68 Å². The summed E-state index contributed by atoms with van der Waals surface area (Å²) in [6.07, 6.45) is 7.11. The first kappa shape index (κ1) is 13.8. The maximum atomic E-state index is 5.79. The normalized spacial score (nSPS) is 15.3. The first-order valence-electron chi connectivity index (χ1n) is 7.36. The Labute approximate surface area is 124 Å². The zero-order valence-corrected chi connectivity index (χ0v) is 12.3. The van der Waals surface area contributed by atoms with E-state index in [-0.39, 0.29) is 0 Å². The average Bonchev–Trinajstić information content (AvgIpc) is 3.16. The third-order valence-electron chi connectivity index (χ3n) is 3.93. The van der Waals surface area contributed by atoms with Crippen LogP contribution in [0, 0.1) is 0 Å². The highest BCUT2D eigenvalue weighted by Gasteiger charge is 2.17. The van der Waals surface area contributed by atoms with Gasteiger partial charge in [0, 0.05) is 18.0 Å². The second-order valence-electron chi connectivity index (χ2n) is 5.42. The van der Waals surface area contributed by atoms with Crippen LogP contribution in [-0.2, 0) is 6.61 Å². The molecule has 1 aliphatic rings. The van der Waals surface area contributed by atoms with Crippen molar-refractivity contribution in [1.82, 2.24) is 9.78 Å². The van der Waals surface area contributed by atoms with Crippen molar-refractivity contribution in [3.63, 3.8) is 0 Å². The van der Waals surface area contributed by atoms with Crippen LogP contribution >= 0.6 is 0 Å². The van der Waals surface area contributed by atoms with Gasteiger partial charge in [-0.15, -0.1) is 0 Å². The number of nitrogens with two attached hydrogens (primary N) is 1. The van der Waals surface area contributed by atoms with Crippen LogP contribution in [0.3, 0.4) is 0 Å². The number of aromatic nitrogens is 2. The molecule has 1 fully saturated rings. The molecule has 0 atom stereocenters. The van der Waals surface area contributed by atoms with E-state index in [9.17, 15) is 0 Å². The number of anilines is 1. The minimum Gasteiger partial charge on any atom is -0.493 e. The van der Waals surface area contributed by atoms with Gasteiger partial charge in [0.25, 0.3) is 0 Å². The van der Waals surface area contributed by atoms with E-state index in [0.29, 0.717) is 29.8 Å². The molecule has 1 aromatic heterocycles. The molecule has 1 aliphatic carbocycles. The van der Waals surface area contributed by atoms with Crippen LogP contribution in [0.15, 0.2) is 30.5 Å². The van der Waals surface area contributed by atoms with Crippen LogP contribution in [-0.4, -0.2) is 16.9 Å². The number of rotatable bonds is 5. The fourth-order valence-corrected chi connectivity index (χ4v) is 2.78. The molecule has 0 saturated heterocycles. The molecular weight excluding hydrogens is 266 g/mol. The number of hydrogen-bond donors (Lipinski definition) is 1. The monoisotopic (exact) mass is 287 g/mol. The molecule has 112 valence electrons. The lowest BCUT2D eigenvalue weighted by Crippen LogP contribution is -2.06. The summed E-state index contributed by atoms with van der Waals surface area (Å²) in [6.45, 7) is 0.416. The summed E-state index contributed by atoms with van der Waals surface area (Å²) >= 11 is 0. The zero-order chi connectivity index (χ0) is 14.7. The number of methoxy groups -OCH3 is 1. The standard InChI is InChI=1S/C16H21N3O2/c1-20-15-7-6-12(17)10-16(15)21-11-13-8-9-19(18-13)14-4-2-3-5-14/h6-10,14H,2-5,11,17H2,1H3. The Kier molecular flexibility index (Phi) is 3.99. The molecule has 5 nitrogen and oxygen atoms in total. The lowest BCUT2D eigenvalue weighted by Gasteiger charge is -2.11. The van der Waals surface area contributed by atoms with Crippen molar-refractivity contribution in [2.24, 2.45) is 0 Å². The SMILES string of the molecule is COc1ccc(N)cc1OCc1ccn(C2CCCC2)n1. The Morgan fingerprint density at radius 1 is 1.24 bits per heavy atom. The van der Waals surface area contributed by atoms with Gasteiger partial charge in [-0.25, -0.2) is 0 Å². The van der Waals surface area contributed by atoms with Gasteiger partial charge in [0.2, 0.25) is 0 Å². The Morgan fingerprint density at radius 2 is 2.05 bits per heavy atom. The molecule has 0 bridgehead atoms. The Hall–Kier alpha value is -2.17. The molecule has 1 heterocycles. The van der Waals surface area contributed by atoms with Crippen molar-refractivity contribution in [2.75, 3.05) is 12.8 Å². The summed E-state index contributed by atoms with van der Waals surface area (Å²) in [7, 11) is 1.62. The highest BCUT2D eigenvalue weighted by atomic mass is 16.5. The summed E-state index contributed by atoms with van der Waals surface area (Å²) in [6, 6.07) is 7.94. The van der Waals surface area contributed by atoms with Gasteiger partial charge in [0.05, 0.1) is 18.8 Å². The summed E-state index contributed by atoms with van der Waals surface area (Å²) in [4.78, 5) is 0. The van der Waals surface area contributed by atoms with E-state index >= 15 is 0 Å². The Morgan fingerprint density at radius 3 is 2.81 bits per heavy atom. The van der Waals surface area contributed by atoms with Gasteiger partial charge in [0.1, 0.15) is 6.61 Å². The predicted molar refractivity (Wildman–Crippen MR) is 81.5 cm³/mol. The summed E-state index contributed by atoms with van der Waals surface area (Å²) < 4.78 is 13.1. The van der Waals surface area contributed by atoms with Crippen LogP contribution in [0.4, 0.5) is 5.69 Å². The smallest absolute Gasteiger partial charge is 0.163 e.